The Morgan fingerprint density at radius 2 is 1.91 bits per heavy atom. The molecule has 1 saturated carbocycles. The largest absolute Gasteiger partial charge is 0.475 e. The Labute approximate surface area is 191 Å². The molecule has 7 nitrogen and oxygen atoms in total. The van der Waals surface area contributed by atoms with Gasteiger partial charge in [-0.1, -0.05) is 11.9 Å². The van der Waals surface area contributed by atoms with Crippen molar-refractivity contribution in [3.63, 3.8) is 0 Å². The first-order chi connectivity index (χ1) is 15.5. The number of halogens is 2. The van der Waals surface area contributed by atoms with Crippen molar-refractivity contribution in [2.45, 2.75) is 75.6 Å². The van der Waals surface area contributed by atoms with Crippen LogP contribution in [0.3, 0.4) is 0 Å². The van der Waals surface area contributed by atoms with Crippen LogP contribution in [0.15, 0.2) is 6.07 Å². The predicted molar refractivity (Wildman–Crippen MR) is 117 cm³/mol. The second-order valence-corrected chi connectivity index (χ2v) is 9.40. The fourth-order valence-corrected chi connectivity index (χ4v) is 5.55. The number of carbonyl (C=O) groups is 1. The number of ether oxygens (including phenoxy) is 3. The highest BCUT2D eigenvalue weighted by Gasteiger charge is 2.43. The lowest BCUT2D eigenvalue weighted by Gasteiger charge is -2.33. The summed E-state index contributed by atoms with van der Waals surface area (Å²) < 4.78 is 49.2. The first-order valence-corrected chi connectivity index (χ1v) is 12.5. The maximum atomic E-state index is 14.4. The molecule has 0 aromatic carbocycles. The zero-order valence-corrected chi connectivity index (χ0v) is 19.3. The van der Waals surface area contributed by atoms with Crippen LogP contribution in [0, 0.1) is 11.6 Å². The minimum atomic E-state index is -0.820. The molecule has 32 heavy (non-hydrogen) atoms. The minimum absolute atomic E-state index is 0.0255. The number of nitrogens with one attached hydrogen (secondary N) is 1. The molecular formula is C22H31F2N3O4S. The Kier molecular flexibility index (Phi) is 7.73. The molecule has 4 aliphatic rings. The van der Waals surface area contributed by atoms with Gasteiger partial charge in [0.05, 0.1) is 37.7 Å². The van der Waals surface area contributed by atoms with E-state index >= 15 is 0 Å². The van der Waals surface area contributed by atoms with Crippen LogP contribution in [-0.4, -0.2) is 66.3 Å². The summed E-state index contributed by atoms with van der Waals surface area (Å²) in [6, 6.07) is 0.857. The van der Waals surface area contributed by atoms with E-state index < -0.39 is 11.6 Å². The molecule has 3 aliphatic heterocycles. The second kappa shape index (κ2) is 10.5. The molecule has 10 heteroatoms. The van der Waals surface area contributed by atoms with E-state index in [0.717, 1.165) is 25.3 Å². The number of aromatic nitrogens is 1. The SMILES string of the molecule is CSNC1CC(C)N2C(=O)OCCCOc3nc(c(F)cc3F)C3CCC(CC3)OCC12. The number of hydrogen-bond acceptors (Lipinski definition) is 7. The lowest BCUT2D eigenvalue weighted by molar-refractivity contribution is -0.0107. The third kappa shape index (κ3) is 5.12. The highest BCUT2D eigenvalue weighted by molar-refractivity contribution is 7.96. The fourth-order valence-electron chi connectivity index (χ4n) is 5.00. The molecule has 4 heterocycles. The van der Waals surface area contributed by atoms with Gasteiger partial charge in [0.25, 0.3) is 5.88 Å². The van der Waals surface area contributed by atoms with E-state index in [2.05, 4.69) is 9.71 Å². The lowest BCUT2D eigenvalue weighted by atomic mass is 9.84. The number of rotatable bonds is 2. The first kappa shape index (κ1) is 23.5. The van der Waals surface area contributed by atoms with E-state index in [1.165, 1.54) is 11.9 Å². The Bertz CT molecular complexity index is 810. The van der Waals surface area contributed by atoms with Gasteiger partial charge in [0.2, 0.25) is 0 Å². The van der Waals surface area contributed by atoms with Gasteiger partial charge in [0.1, 0.15) is 5.82 Å². The van der Waals surface area contributed by atoms with Gasteiger partial charge in [-0.15, -0.1) is 0 Å². The molecule has 4 bridgehead atoms. The molecular weight excluding hydrogens is 440 g/mol. The molecule has 1 saturated heterocycles. The third-order valence-corrected chi connectivity index (χ3v) is 7.15. The highest BCUT2D eigenvalue weighted by atomic mass is 32.2. The Morgan fingerprint density at radius 3 is 2.66 bits per heavy atom. The van der Waals surface area contributed by atoms with Gasteiger partial charge in [-0.2, -0.15) is 0 Å². The Morgan fingerprint density at radius 1 is 1.16 bits per heavy atom. The van der Waals surface area contributed by atoms with Crippen molar-refractivity contribution in [1.82, 2.24) is 14.6 Å². The van der Waals surface area contributed by atoms with E-state index in [1.54, 1.807) is 4.90 Å². The topological polar surface area (TPSA) is 72.9 Å². The van der Waals surface area contributed by atoms with E-state index in [0.29, 0.717) is 25.9 Å². The average Bonchev–Trinajstić information content (AvgIpc) is 3.08. The van der Waals surface area contributed by atoms with Crippen LogP contribution < -0.4 is 9.46 Å². The summed E-state index contributed by atoms with van der Waals surface area (Å²) in [6.45, 7) is 2.69. The second-order valence-electron chi connectivity index (χ2n) is 8.75. The van der Waals surface area contributed by atoms with E-state index in [-0.39, 0.29) is 61.0 Å². The van der Waals surface area contributed by atoms with Gasteiger partial charge in [0.15, 0.2) is 5.82 Å². The number of amides is 1. The zero-order valence-electron chi connectivity index (χ0n) is 18.5. The maximum Gasteiger partial charge on any atom is 0.410 e. The summed E-state index contributed by atoms with van der Waals surface area (Å²) in [5.74, 6) is -1.74. The van der Waals surface area contributed by atoms with Crippen LogP contribution >= 0.6 is 11.9 Å². The Hall–Kier alpha value is -1.65. The van der Waals surface area contributed by atoms with Gasteiger partial charge in [0, 0.05) is 30.5 Å². The smallest absolute Gasteiger partial charge is 0.410 e. The van der Waals surface area contributed by atoms with Crippen molar-refractivity contribution in [3.05, 3.63) is 23.4 Å². The predicted octanol–water partition coefficient (Wildman–Crippen LogP) is 4.02. The van der Waals surface area contributed by atoms with Crippen molar-refractivity contribution in [3.8, 4) is 5.88 Å². The van der Waals surface area contributed by atoms with Crippen molar-refractivity contribution < 1.29 is 27.8 Å². The van der Waals surface area contributed by atoms with Gasteiger partial charge in [-0.3, -0.25) is 9.62 Å². The summed E-state index contributed by atoms with van der Waals surface area (Å²) in [7, 11) is 0. The molecule has 1 N–H and O–H groups in total. The van der Waals surface area contributed by atoms with Gasteiger partial charge in [-0.25, -0.2) is 18.6 Å². The van der Waals surface area contributed by atoms with Gasteiger partial charge in [-0.05, 0) is 45.3 Å². The molecule has 178 valence electrons. The molecule has 1 aliphatic carbocycles. The van der Waals surface area contributed by atoms with Crippen molar-refractivity contribution in [1.29, 1.82) is 0 Å². The summed E-state index contributed by atoms with van der Waals surface area (Å²) in [5.41, 5.74) is 0.260. The minimum Gasteiger partial charge on any atom is -0.475 e. The number of pyridine rings is 1. The fraction of sp³-hybridized carbons (Fsp3) is 0.727. The first-order valence-electron chi connectivity index (χ1n) is 11.3. The number of fused-ring (bicyclic) bond motifs is 8. The van der Waals surface area contributed by atoms with E-state index in [4.69, 9.17) is 14.2 Å². The normalized spacial score (nSPS) is 31.6. The van der Waals surface area contributed by atoms with E-state index in [9.17, 15) is 13.6 Å². The monoisotopic (exact) mass is 471 g/mol. The third-order valence-electron chi connectivity index (χ3n) is 6.61. The van der Waals surface area contributed by atoms with Crippen molar-refractivity contribution in [2.75, 3.05) is 26.1 Å². The molecule has 3 atom stereocenters. The van der Waals surface area contributed by atoms with Crippen LogP contribution in [0.1, 0.15) is 57.1 Å². The quantitative estimate of drug-likeness (QED) is 0.653. The molecule has 3 unspecified atom stereocenters. The maximum absolute atomic E-state index is 14.4. The average molecular weight is 472 g/mol. The van der Waals surface area contributed by atoms with Crippen LogP contribution in [-0.2, 0) is 9.47 Å². The number of nitrogens with zero attached hydrogens (tertiary/aromatic N) is 2. The van der Waals surface area contributed by atoms with Crippen molar-refractivity contribution in [2.24, 2.45) is 0 Å². The molecule has 5 rings (SSSR count). The molecule has 0 radical (unpaired) electrons. The van der Waals surface area contributed by atoms with Crippen LogP contribution in [0.4, 0.5) is 13.6 Å². The van der Waals surface area contributed by atoms with Crippen LogP contribution in [0.5, 0.6) is 5.88 Å². The molecule has 1 aromatic rings. The lowest BCUT2D eigenvalue weighted by Crippen LogP contribution is -2.48. The number of hydrogen-bond donors (Lipinski definition) is 1. The van der Waals surface area contributed by atoms with E-state index in [1.807, 2.05) is 13.2 Å². The number of carbonyl (C=O) groups excluding carboxylic acids is 1. The van der Waals surface area contributed by atoms with Gasteiger partial charge >= 0.3 is 6.09 Å². The summed E-state index contributed by atoms with van der Waals surface area (Å²) >= 11 is 1.53. The highest BCUT2D eigenvalue weighted by Crippen LogP contribution is 2.36. The van der Waals surface area contributed by atoms with Crippen LogP contribution in [0.25, 0.3) is 0 Å². The molecule has 1 aromatic heterocycles. The molecule has 1 amide bonds. The summed E-state index contributed by atoms with van der Waals surface area (Å²) in [4.78, 5) is 18.8. The van der Waals surface area contributed by atoms with Crippen LogP contribution in [0.2, 0.25) is 0 Å². The zero-order chi connectivity index (χ0) is 22.7. The summed E-state index contributed by atoms with van der Waals surface area (Å²) in [6.07, 6.45) is 5.75. The van der Waals surface area contributed by atoms with Gasteiger partial charge < -0.3 is 14.2 Å². The summed E-state index contributed by atoms with van der Waals surface area (Å²) in [5, 5.41) is 0. The Balaban J connectivity index is 1.53. The molecule has 0 spiro atoms. The molecule has 2 fully saturated rings. The van der Waals surface area contributed by atoms with Crippen molar-refractivity contribution >= 4 is 18.0 Å². The standard InChI is InChI=1S/C22H31F2N3O4S/c1-13-10-18(26-32-2)19-12-31-15-6-4-14(5-7-15)20-16(23)11-17(24)21(25-20)29-8-3-9-30-22(28)27(13)19/h11,13-15,18-19,26H,3-10,12H2,1-2H3.